The molecule has 37 heavy (non-hydrogen) atoms. The Morgan fingerprint density at radius 1 is 1.05 bits per heavy atom. The van der Waals surface area contributed by atoms with E-state index in [1.807, 2.05) is 4.90 Å². The molecule has 3 aromatic rings. The molecule has 2 heterocycles. The van der Waals surface area contributed by atoms with E-state index in [2.05, 4.69) is 15.2 Å². The Labute approximate surface area is 205 Å². The molecule has 0 bridgehead atoms. The van der Waals surface area contributed by atoms with E-state index in [1.165, 1.54) is 30.6 Å². The number of benzene rings is 2. The Balaban J connectivity index is 1.69. The molecule has 14 heteroatoms. The van der Waals surface area contributed by atoms with Gasteiger partial charge in [-0.1, -0.05) is 12.1 Å². The van der Waals surface area contributed by atoms with Crippen molar-refractivity contribution >= 4 is 0 Å². The van der Waals surface area contributed by atoms with Crippen LogP contribution in [0.1, 0.15) is 40.2 Å². The number of rotatable bonds is 7. The second kappa shape index (κ2) is 10.7. The highest BCUT2D eigenvalue weighted by Gasteiger charge is 2.40. The first kappa shape index (κ1) is 27.0. The molecular weight excluding hydrogens is 513 g/mol. The van der Waals surface area contributed by atoms with Crippen molar-refractivity contribution in [2.24, 2.45) is 0 Å². The van der Waals surface area contributed by atoms with Crippen LogP contribution in [0.4, 0.5) is 30.7 Å². The first-order valence-corrected chi connectivity index (χ1v) is 11.0. The molecule has 0 aliphatic carbocycles. The fourth-order valence-corrected chi connectivity index (χ4v) is 4.05. The molecule has 200 valence electrons. The van der Waals surface area contributed by atoms with Crippen LogP contribution in [0.25, 0.3) is 0 Å². The zero-order valence-electron chi connectivity index (χ0n) is 18.9. The third kappa shape index (κ3) is 6.44. The van der Waals surface area contributed by atoms with E-state index >= 15 is 0 Å². The molecule has 2 N–H and O–H groups in total. The van der Waals surface area contributed by atoms with Gasteiger partial charge in [0.2, 0.25) is 0 Å². The van der Waals surface area contributed by atoms with E-state index < -0.39 is 59.9 Å². The SMILES string of the molecule is OC[C@@H](O[C@H]1OCCN(Cc2nc[nH]n2)[C@H]1c1ccc(F)cc1)c1cc(C(F)(F)F)cc(C(F)(F)F)c1. The number of nitrogens with zero attached hydrogens (tertiary/aromatic N) is 3. The zero-order valence-corrected chi connectivity index (χ0v) is 18.9. The van der Waals surface area contributed by atoms with Crippen LogP contribution in [0.15, 0.2) is 48.8 Å². The van der Waals surface area contributed by atoms with Crippen molar-refractivity contribution in [2.45, 2.75) is 37.3 Å². The van der Waals surface area contributed by atoms with Gasteiger partial charge in [0, 0.05) is 6.54 Å². The summed E-state index contributed by atoms with van der Waals surface area (Å²) in [6, 6.07) is 5.50. The summed E-state index contributed by atoms with van der Waals surface area (Å²) in [6.45, 7) is -0.334. The van der Waals surface area contributed by atoms with Gasteiger partial charge >= 0.3 is 12.4 Å². The molecule has 0 amide bonds. The molecule has 1 aliphatic rings. The number of aliphatic hydroxyl groups excluding tert-OH is 1. The van der Waals surface area contributed by atoms with E-state index in [1.54, 1.807) is 0 Å². The van der Waals surface area contributed by atoms with Crippen LogP contribution in [-0.4, -0.2) is 51.2 Å². The number of hydrogen-bond donors (Lipinski definition) is 2. The van der Waals surface area contributed by atoms with E-state index in [9.17, 15) is 35.8 Å². The lowest BCUT2D eigenvalue weighted by molar-refractivity contribution is -0.238. The average molecular weight is 534 g/mol. The van der Waals surface area contributed by atoms with Crippen LogP contribution in [0.2, 0.25) is 0 Å². The fourth-order valence-electron chi connectivity index (χ4n) is 4.05. The molecular formula is C23H21F7N4O3. The van der Waals surface area contributed by atoms with Crippen molar-refractivity contribution in [3.63, 3.8) is 0 Å². The van der Waals surface area contributed by atoms with Crippen LogP contribution < -0.4 is 0 Å². The van der Waals surface area contributed by atoms with Gasteiger partial charge in [-0.15, -0.1) is 0 Å². The van der Waals surface area contributed by atoms with Crippen molar-refractivity contribution in [2.75, 3.05) is 19.8 Å². The Morgan fingerprint density at radius 2 is 1.70 bits per heavy atom. The fraction of sp³-hybridized carbons (Fsp3) is 0.391. The highest BCUT2D eigenvalue weighted by Crippen LogP contribution is 2.39. The highest BCUT2D eigenvalue weighted by molar-refractivity contribution is 5.35. The summed E-state index contributed by atoms with van der Waals surface area (Å²) >= 11 is 0. The second-order valence-corrected chi connectivity index (χ2v) is 8.27. The molecule has 0 spiro atoms. The average Bonchev–Trinajstić information content (AvgIpc) is 3.35. The van der Waals surface area contributed by atoms with E-state index in [0.29, 0.717) is 30.1 Å². The summed E-state index contributed by atoms with van der Waals surface area (Å²) in [4.78, 5) is 5.88. The molecule has 3 atom stereocenters. The molecule has 1 aliphatic heterocycles. The number of halogens is 7. The van der Waals surface area contributed by atoms with Crippen LogP contribution in [-0.2, 0) is 28.4 Å². The monoisotopic (exact) mass is 534 g/mol. The lowest BCUT2D eigenvalue weighted by Crippen LogP contribution is -2.46. The minimum atomic E-state index is -5.07. The van der Waals surface area contributed by atoms with E-state index in [-0.39, 0.29) is 19.2 Å². The van der Waals surface area contributed by atoms with Gasteiger partial charge in [0.1, 0.15) is 18.2 Å². The van der Waals surface area contributed by atoms with Crippen LogP contribution in [0.3, 0.4) is 0 Å². The highest BCUT2D eigenvalue weighted by atomic mass is 19.4. The topological polar surface area (TPSA) is 83.5 Å². The number of H-pyrrole nitrogens is 1. The maximum absolute atomic E-state index is 13.6. The molecule has 0 radical (unpaired) electrons. The quantitative estimate of drug-likeness (QED) is 0.430. The predicted molar refractivity (Wildman–Crippen MR) is 113 cm³/mol. The number of aliphatic hydroxyl groups is 1. The Kier molecular flexibility index (Phi) is 7.83. The number of nitrogens with one attached hydrogen (secondary N) is 1. The number of ether oxygens (including phenoxy) is 2. The first-order valence-electron chi connectivity index (χ1n) is 11.0. The Hall–Kier alpha value is -3.07. The second-order valence-electron chi connectivity index (χ2n) is 8.27. The third-order valence-electron chi connectivity index (χ3n) is 5.78. The van der Waals surface area contributed by atoms with E-state index in [4.69, 9.17) is 9.47 Å². The van der Waals surface area contributed by atoms with Crippen LogP contribution in [0.5, 0.6) is 0 Å². The smallest absolute Gasteiger partial charge is 0.393 e. The van der Waals surface area contributed by atoms with Crippen molar-refractivity contribution in [1.82, 2.24) is 20.1 Å². The molecule has 0 saturated carbocycles. The van der Waals surface area contributed by atoms with Crippen LogP contribution in [0, 0.1) is 5.82 Å². The van der Waals surface area contributed by atoms with Gasteiger partial charge in [-0.25, -0.2) is 9.37 Å². The Morgan fingerprint density at radius 3 is 2.24 bits per heavy atom. The summed E-state index contributed by atoms with van der Waals surface area (Å²) in [6.07, 6.45) is -11.6. The van der Waals surface area contributed by atoms with Gasteiger partial charge in [-0.2, -0.15) is 31.4 Å². The summed E-state index contributed by atoms with van der Waals surface area (Å²) in [5.74, 6) is -0.116. The van der Waals surface area contributed by atoms with Crippen molar-refractivity contribution < 1.29 is 45.3 Å². The number of hydrogen-bond acceptors (Lipinski definition) is 6. The molecule has 1 aromatic heterocycles. The Bertz CT molecular complexity index is 1140. The summed E-state index contributed by atoms with van der Waals surface area (Å²) < 4.78 is 105. The molecule has 2 aromatic carbocycles. The number of aromatic nitrogens is 3. The molecule has 7 nitrogen and oxygen atoms in total. The molecule has 1 fully saturated rings. The minimum Gasteiger partial charge on any atom is -0.393 e. The van der Waals surface area contributed by atoms with Crippen molar-refractivity contribution in [1.29, 1.82) is 0 Å². The lowest BCUT2D eigenvalue weighted by Gasteiger charge is -2.41. The van der Waals surface area contributed by atoms with E-state index in [0.717, 1.165) is 0 Å². The first-order chi connectivity index (χ1) is 17.5. The van der Waals surface area contributed by atoms with Gasteiger partial charge in [-0.05, 0) is 41.5 Å². The lowest BCUT2D eigenvalue weighted by atomic mass is 10.00. The molecule has 4 rings (SSSR count). The summed E-state index contributed by atoms with van der Waals surface area (Å²) in [5.41, 5.74) is -3.11. The van der Waals surface area contributed by atoms with Gasteiger partial charge in [0.15, 0.2) is 12.1 Å². The van der Waals surface area contributed by atoms with Crippen molar-refractivity contribution in [3.8, 4) is 0 Å². The maximum Gasteiger partial charge on any atom is 0.416 e. The van der Waals surface area contributed by atoms with Gasteiger partial charge in [0.25, 0.3) is 0 Å². The standard InChI is InChI=1S/C23H21F7N4O3/c24-17-3-1-13(2-4-17)20-21(36-6-5-34(20)10-19-31-12-32-33-19)37-18(11-35)14-7-15(22(25,26)27)9-16(8-14)23(28,29)30/h1-4,7-9,12,18,20-21,35H,5-6,10-11H2,(H,31,32,33)/t18-,20+,21-/m1/s1. The summed E-state index contributed by atoms with van der Waals surface area (Å²) in [7, 11) is 0. The number of aromatic amines is 1. The minimum absolute atomic E-state index is 0.00499. The number of morpholine rings is 1. The molecule has 1 saturated heterocycles. The largest absolute Gasteiger partial charge is 0.416 e. The maximum atomic E-state index is 13.6. The summed E-state index contributed by atoms with van der Waals surface area (Å²) in [5, 5.41) is 16.5. The zero-order chi connectivity index (χ0) is 26.8. The van der Waals surface area contributed by atoms with Crippen molar-refractivity contribution in [3.05, 3.63) is 82.7 Å². The predicted octanol–water partition coefficient (Wildman–Crippen LogP) is 4.63. The van der Waals surface area contributed by atoms with Gasteiger partial charge < -0.3 is 14.6 Å². The van der Waals surface area contributed by atoms with Gasteiger partial charge in [-0.3, -0.25) is 10.00 Å². The van der Waals surface area contributed by atoms with Gasteiger partial charge in [0.05, 0.1) is 36.9 Å². The molecule has 0 unspecified atom stereocenters. The van der Waals surface area contributed by atoms with Crippen LogP contribution >= 0.6 is 0 Å². The number of alkyl halides is 6. The normalized spacial score (nSPS) is 20.2. The third-order valence-corrected chi connectivity index (χ3v) is 5.78.